The summed E-state index contributed by atoms with van der Waals surface area (Å²) in [5.41, 5.74) is 3.99. The van der Waals surface area contributed by atoms with Gasteiger partial charge in [-0.05, 0) is 56.0 Å². The number of benzene rings is 2. The smallest absolute Gasteiger partial charge is 0.225 e. The Labute approximate surface area is 175 Å². The number of nitrogens with zero attached hydrogens (tertiary/aromatic N) is 3. The van der Waals surface area contributed by atoms with Crippen LogP contribution in [0.1, 0.15) is 25.7 Å². The third-order valence-electron chi connectivity index (χ3n) is 6.22. The minimum Gasteiger partial charge on any atom is -0.371 e. The average molecular weight is 409 g/mol. The van der Waals surface area contributed by atoms with Crippen LogP contribution in [0, 0.1) is 5.92 Å². The molecule has 0 bridgehead atoms. The van der Waals surface area contributed by atoms with E-state index in [-0.39, 0.29) is 5.92 Å². The molecule has 2 aliphatic rings. The summed E-state index contributed by atoms with van der Waals surface area (Å²) in [6.07, 6.45) is 4.13. The number of halogens is 1. The van der Waals surface area contributed by atoms with E-state index in [1.54, 1.807) is 0 Å². The Hall–Kier alpha value is -2.53. The fraction of sp³-hybridized carbons (Fsp3) is 0.391. The van der Waals surface area contributed by atoms with Crippen molar-refractivity contribution in [2.24, 2.45) is 5.92 Å². The first-order valence-electron chi connectivity index (χ1n) is 10.5. The van der Waals surface area contributed by atoms with E-state index in [9.17, 15) is 4.79 Å². The number of hydrogen-bond donors (Lipinski definition) is 1. The first-order chi connectivity index (χ1) is 14.2. The number of carbonyl (C=O) groups is 1. The molecule has 2 fully saturated rings. The molecule has 0 radical (unpaired) electrons. The number of aromatic amines is 1. The Balaban J connectivity index is 1.33. The Morgan fingerprint density at radius 2 is 1.79 bits per heavy atom. The monoisotopic (exact) mass is 408 g/mol. The van der Waals surface area contributed by atoms with Gasteiger partial charge >= 0.3 is 0 Å². The Morgan fingerprint density at radius 3 is 2.55 bits per heavy atom. The number of nitrogens with one attached hydrogen (secondary N) is 1. The molecular formula is C23H25ClN4O. The quantitative estimate of drug-likeness (QED) is 0.682. The van der Waals surface area contributed by atoms with Gasteiger partial charge in [0.25, 0.3) is 0 Å². The number of piperidine rings is 1. The number of anilines is 1. The van der Waals surface area contributed by atoms with Crippen molar-refractivity contribution >= 4 is 34.2 Å². The van der Waals surface area contributed by atoms with E-state index in [1.165, 1.54) is 0 Å². The fourth-order valence-electron chi connectivity index (χ4n) is 4.55. The highest BCUT2D eigenvalue weighted by atomic mass is 35.5. The molecule has 0 saturated carbocycles. The minimum atomic E-state index is 0.173. The predicted molar refractivity (Wildman–Crippen MR) is 117 cm³/mol. The van der Waals surface area contributed by atoms with Gasteiger partial charge in [0, 0.05) is 43.3 Å². The van der Waals surface area contributed by atoms with Gasteiger partial charge in [-0.3, -0.25) is 4.79 Å². The molecule has 6 heteroatoms. The number of para-hydroxylation sites is 2. The van der Waals surface area contributed by atoms with Crippen molar-refractivity contribution in [1.29, 1.82) is 0 Å². The van der Waals surface area contributed by atoms with Crippen molar-refractivity contribution in [2.45, 2.75) is 25.7 Å². The largest absolute Gasteiger partial charge is 0.371 e. The van der Waals surface area contributed by atoms with Crippen molar-refractivity contribution in [3.8, 4) is 11.4 Å². The number of imidazole rings is 1. The van der Waals surface area contributed by atoms with Crippen molar-refractivity contribution in [3.05, 3.63) is 47.5 Å². The van der Waals surface area contributed by atoms with Crippen LogP contribution in [0.25, 0.3) is 22.4 Å². The molecule has 1 amide bonds. The lowest BCUT2D eigenvalue weighted by atomic mass is 9.95. The molecule has 3 aromatic rings. The third kappa shape index (κ3) is 3.60. The maximum Gasteiger partial charge on any atom is 0.225 e. The van der Waals surface area contributed by atoms with Crippen molar-refractivity contribution in [1.82, 2.24) is 14.9 Å². The molecule has 2 aliphatic heterocycles. The molecule has 150 valence electrons. The van der Waals surface area contributed by atoms with Crippen LogP contribution in [0.5, 0.6) is 0 Å². The van der Waals surface area contributed by atoms with Gasteiger partial charge < -0.3 is 14.8 Å². The van der Waals surface area contributed by atoms with Crippen LogP contribution in [0.15, 0.2) is 42.5 Å². The van der Waals surface area contributed by atoms with E-state index in [0.717, 1.165) is 80.0 Å². The van der Waals surface area contributed by atoms with Gasteiger partial charge in [0.1, 0.15) is 5.82 Å². The summed E-state index contributed by atoms with van der Waals surface area (Å²) in [6, 6.07) is 14.1. The van der Waals surface area contributed by atoms with Gasteiger partial charge in [0.2, 0.25) is 5.91 Å². The van der Waals surface area contributed by atoms with Crippen molar-refractivity contribution < 1.29 is 4.79 Å². The molecule has 29 heavy (non-hydrogen) atoms. The SMILES string of the molecule is O=C(C1CCN(c2ccc(Cl)c(-c3nc4ccccc4[nH]3)c2)CC1)N1CCCC1. The second kappa shape index (κ2) is 7.71. The summed E-state index contributed by atoms with van der Waals surface area (Å²) in [7, 11) is 0. The molecule has 0 atom stereocenters. The van der Waals surface area contributed by atoms with Gasteiger partial charge in [-0.2, -0.15) is 0 Å². The normalized spacial score (nSPS) is 18.0. The number of rotatable bonds is 3. The minimum absolute atomic E-state index is 0.173. The van der Waals surface area contributed by atoms with E-state index >= 15 is 0 Å². The average Bonchev–Trinajstić information content (AvgIpc) is 3.44. The van der Waals surface area contributed by atoms with E-state index in [0.29, 0.717) is 10.9 Å². The summed E-state index contributed by atoms with van der Waals surface area (Å²) in [5, 5.41) is 0.687. The van der Waals surface area contributed by atoms with E-state index in [2.05, 4.69) is 26.9 Å². The number of hydrogen-bond acceptors (Lipinski definition) is 3. The van der Waals surface area contributed by atoms with Crippen molar-refractivity contribution in [2.75, 3.05) is 31.1 Å². The summed E-state index contributed by atoms with van der Waals surface area (Å²) in [6.45, 7) is 3.67. The number of amides is 1. The molecule has 1 N–H and O–H groups in total. The molecule has 3 heterocycles. The summed E-state index contributed by atoms with van der Waals surface area (Å²) in [5.74, 6) is 1.32. The zero-order valence-corrected chi connectivity index (χ0v) is 17.2. The molecule has 0 aliphatic carbocycles. The number of aromatic nitrogens is 2. The lowest BCUT2D eigenvalue weighted by Gasteiger charge is -2.34. The molecule has 0 unspecified atom stereocenters. The van der Waals surface area contributed by atoms with Crippen LogP contribution in [-0.4, -0.2) is 47.0 Å². The van der Waals surface area contributed by atoms with Gasteiger partial charge in [-0.25, -0.2) is 4.98 Å². The van der Waals surface area contributed by atoms with E-state index in [4.69, 9.17) is 16.6 Å². The van der Waals surface area contributed by atoms with Crippen LogP contribution < -0.4 is 4.90 Å². The topological polar surface area (TPSA) is 52.2 Å². The first-order valence-corrected chi connectivity index (χ1v) is 10.9. The van der Waals surface area contributed by atoms with E-state index in [1.807, 2.05) is 30.3 Å². The molecule has 5 rings (SSSR count). The highest BCUT2D eigenvalue weighted by Crippen LogP contribution is 2.33. The van der Waals surface area contributed by atoms with E-state index < -0.39 is 0 Å². The fourth-order valence-corrected chi connectivity index (χ4v) is 4.76. The van der Waals surface area contributed by atoms with Gasteiger partial charge in [0.15, 0.2) is 0 Å². The molecule has 0 spiro atoms. The van der Waals surface area contributed by atoms with Crippen LogP contribution in [0.4, 0.5) is 5.69 Å². The van der Waals surface area contributed by atoms with Gasteiger partial charge in [-0.1, -0.05) is 23.7 Å². The third-order valence-corrected chi connectivity index (χ3v) is 6.55. The molecule has 1 aromatic heterocycles. The lowest BCUT2D eigenvalue weighted by Crippen LogP contribution is -2.41. The maximum absolute atomic E-state index is 12.7. The highest BCUT2D eigenvalue weighted by Gasteiger charge is 2.30. The second-order valence-electron chi connectivity index (χ2n) is 8.06. The standard InChI is InChI=1S/C23H25ClN4O/c24-19-8-7-17(15-18(19)22-25-20-5-1-2-6-21(20)26-22)27-13-9-16(10-14-27)23(29)28-11-3-4-12-28/h1-2,5-8,15-16H,3-4,9-14H2,(H,25,26). The molecule has 5 nitrogen and oxygen atoms in total. The summed E-state index contributed by atoms with van der Waals surface area (Å²) >= 11 is 6.51. The highest BCUT2D eigenvalue weighted by molar-refractivity contribution is 6.33. The number of likely N-dealkylation sites (tertiary alicyclic amines) is 1. The number of carbonyl (C=O) groups excluding carboxylic acids is 1. The molecule has 2 aromatic carbocycles. The number of H-pyrrole nitrogens is 1. The first kappa shape index (κ1) is 18.5. The Bertz CT molecular complexity index is 999. The molecule has 2 saturated heterocycles. The van der Waals surface area contributed by atoms with Crippen LogP contribution in [-0.2, 0) is 4.79 Å². The van der Waals surface area contributed by atoms with Crippen LogP contribution in [0.3, 0.4) is 0 Å². The summed E-state index contributed by atoms with van der Waals surface area (Å²) < 4.78 is 0. The number of fused-ring (bicyclic) bond motifs is 1. The van der Waals surface area contributed by atoms with Crippen LogP contribution >= 0.6 is 11.6 Å². The Kier molecular flexibility index (Phi) is 4.92. The lowest BCUT2D eigenvalue weighted by molar-refractivity contribution is -0.135. The zero-order valence-electron chi connectivity index (χ0n) is 16.4. The maximum atomic E-state index is 12.7. The summed E-state index contributed by atoms with van der Waals surface area (Å²) in [4.78, 5) is 25.2. The van der Waals surface area contributed by atoms with Gasteiger partial charge in [0.05, 0.1) is 16.1 Å². The Morgan fingerprint density at radius 1 is 1.03 bits per heavy atom. The van der Waals surface area contributed by atoms with Gasteiger partial charge in [-0.15, -0.1) is 0 Å². The molecular weight excluding hydrogens is 384 g/mol. The second-order valence-corrected chi connectivity index (χ2v) is 8.47. The van der Waals surface area contributed by atoms with Crippen LogP contribution in [0.2, 0.25) is 5.02 Å². The predicted octanol–water partition coefficient (Wildman–Crippen LogP) is 4.72. The zero-order chi connectivity index (χ0) is 19.8. The van der Waals surface area contributed by atoms with Crippen molar-refractivity contribution in [3.63, 3.8) is 0 Å².